The van der Waals surface area contributed by atoms with Gasteiger partial charge in [0.15, 0.2) is 0 Å². The number of H-pyrrole nitrogens is 1. The molecule has 1 amide bonds. The number of benzene rings is 1. The maximum atomic E-state index is 12.7. The van der Waals surface area contributed by atoms with Crippen molar-refractivity contribution in [3.05, 3.63) is 47.3 Å². The normalized spacial score (nSPS) is 19.8. The first-order valence-corrected chi connectivity index (χ1v) is 8.20. The molecule has 0 radical (unpaired) electrons. The molecule has 120 valence electrons. The van der Waals surface area contributed by atoms with Gasteiger partial charge in [0, 0.05) is 13.0 Å². The van der Waals surface area contributed by atoms with Crippen LogP contribution in [0, 0.1) is 5.92 Å². The van der Waals surface area contributed by atoms with Gasteiger partial charge in [-0.05, 0) is 37.0 Å². The Bertz CT molecular complexity index is 721. The molecule has 2 heterocycles. The van der Waals surface area contributed by atoms with Crippen molar-refractivity contribution in [2.75, 3.05) is 13.7 Å². The molecule has 1 fully saturated rings. The van der Waals surface area contributed by atoms with Crippen LogP contribution >= 0.6 is 0 Å². The van der Waals surface area contributed by atoms with Crippen molar-refractivity contribution in [2.45, 2.75) is 31.7 Å². The first-order chi connectivity index (χ1) is 11.2. The Kier molecular flexibility index (Phi) is 3.56. The number of aromatic amines is 1. The first-order valence-electron chi connectivity index (χ1n) is 8.20. The van der Waals surface area contributed by atoms with E-state index in [1.165, 1.54) is 12.8 Å². The average Bonchev–Trinajstić information content (AvgIpc) is 3.33. The van der Waals surface area contributed by atoms with E-state index < -0.39 is 0 Å². The third kappa shape index (κ3) is 2.96. The smallest absolute Gasteiger partial charge is 0.229 e. The van der Waals surface area contributed by atoms with Gasteiger partial charge in [-0.3, -0.25) is 9.89 Å². The average molecular weight is 311 g/mol. The first kappa shape index (κ1) is 14.3. The molecule has 1 saturated carbocycles. The summed E-state index contributed by atoms with van der Waals surface area (Å²) >= 11 is 0. The molecular weight excluding hydrogens is 290 g/mol. The summed E-state index contributed by atoms with van der Waals surface area (Å²) in [5.74, 6) is 1.55. The van der Waals surface area contributed by atoms with E-state index in [9.17, 15) is 4.79 Å². The van der Waals surface area contributed by atoms with Gasteiger partial charge < -0.3 is 9.64 Å². The van der Waals surface area contributed by atoms with Gasteiger partial charge in [-0.25, -0.2) is 0 Å². The van der Waals surface area contributed by atoms with Gasteiger partial charge in [-0.1, -0.05) is 18.2 Å². The number of hydrogen-bond acceptors (Lipinski definition) is 3. The third-order valence-corrected chi connectivity index (χ3v) is 4.66. The quantitative estimate of drug-likeness (QED) is 0.944. The molecule has 4 rings (SSSR count). The van der Waals surface area contributed by atoms with Crippen LogP contribution in [0.3, 0.4) is 0 Å². The highest BCUT2D eigenvalue weighted by molar-refractivity contribution is 5.79. The maximum Gasteiger partial charge on any atom is 0.229 e. The van der Waals surface area contributed by atoms with Crippen LogP contribution in [-0.2, 0) is 17.8 Å². The van der Waals surface area contributed by atoms with Gasteiger partial charge in [0.1, 0.15) is 12.4 Å². The number of hydrogen-bond donors (Lipinski definition) is 1. The minimum Gasteiger partial charge on any atom is -0.492 e. The van der Waals surface area contributed by atoms with Crippen LogP contribution < -0.4 is 4.74 Å². The molecule has 5 heteroatoms. The standard InChI is InChI=1S/C18H21N3O2/c1-21(10-15-9-16(20-19-15)12-6-7-12)18(22)14-8-13-4-2-3-5-17(13)23-11-14/h2-5,9,12,14H,6-8,10-11H2,1H3,(H,19,20). The lowest BCUT2D eigenvalue weighted by atomic mass is 9.95. The van der Waals surface area contributed by atoms with Crippen molar-refractivity contribution < 1.29 is 9.53 Å². The number of nitrogens with zero attached hydrogens (tertiary/aromatic N) is 2. The number of carbonyl (C=O) groups is 1. The maximum absolute atomic E-state index is 12.7. The third-order valence-electron chi connectivity index (χ3n) is 4.66. The SMILES string of the molecule is CN(Cc1cc(C2CC2)n[nH]1)C(=O)C1COc2ccccc2C1. The van der Waals surface area contributed by atoms with Crippen molar-refractivity contribution in [1.29, 1.82) is 0 Å². The predicted octanol–water partition coefficient (Wildman–Crippen LogP) is 2.50. The van der Waals surface area contributed by atoms with Crippen LogP contribution in [0.25, 0.3) is 0 Å². The van der Waals surface area contributed by atoms with Gasteiger partial charge in [-0.15, -0.1) is 0 Å². The minimum absolute atomic E-state index is 0.110. The Balaban J connectivity index is 1.40. The van der Waals surface area contributed by atoms with Crippen LogP contribution in [0.5, 0.6) is 5.75 Å². The summed E-state index contributed by atoms with van der Waals surface area (Å²) in [5.41, 5.74) is 3.25. The van der Waals surface area contributed by atoms with Gasteiger partial charge in [0.25, 0.3) is 0 Å². The molecule has 0 saturated heterocycles. The molecule has 1 aromatic heterocycles. The second-order valence-electron chi connectivity index (χ2n) is 6.61. The zero-order chi connectivity index (χ0) is 15.8. The van der Waals surface area contributed by atoms with E-state index >= 15 is 0 Å². The van der Waals surface area contributed by atoms with E-state index in [-0.39, 0.29) is 11.8 Å². The zero-order valence-corrected chi connectivity index (χ0v) is 13.3. The summed E-state index contributed by atoms with van der Waals surface area (Å²) in [6, 6.07) is 10.0. The summed E-state index contributed by atoms with van der Waals surface area (Å²) in [4.78, 5) is 14.4. The fourth-order valence-corrected chi connectivity index (χ4v) is 3.18. The Hall–Kier alpha value is -2.30. The minimum atomic E-state index is -0.110. The fourth-order valence-electron chi connectivity index (χ4n) is 3.18. The Morgan fingerprint density at radius 3 is 3.04 bits per heavy atom. The van der Waals surface area contributed by atoms with Gasteiger partial charge in [0.05, 0.1) is 23.9 Å². The topological polar surface area (TPSA) is 58.2 Å². The zero-order valence-electron chi connectivity index (χ0n) is 13.3. The molecule has 1 aliphatic heterocycles. The molecule has 23 heavy (non-hydrogen) atoms. The van der Waals surface area contributed by atoms with E-state index in [2.05, 4.69) is 16.3 Å². The molecule has 5 nitrogen and oxygen atoms in total. The highest BCUT2D eigenvalue weighted by Gasteiger charge is 2.29. The van der Waals surface area contributed by atoms with Crippen LogP contribution in [-0.4, -0.2) is 34.7 Å². The van der Waals surface area contributed by atoms with Gasteiger partial charge in [0.2, 0.25) is 5.91 Å². The number of rotatable bonds is 4. The fraction of sp³-hybridized carbons (Fsp3) is 0.444. The number of nitrogens with one attached hydrogen (secondary N) is 1. The van der Waals surface area contributed by atoms with Crippen molar-refractivity contribution in [3.8, 4) is 5.75 Å². The summed E-state index contributed by atoms with van der Waals surface area (Å²) < 4.78 is 5.73. The molecule has 1 aliphatic carbocycles. The lowest BCUT2D eigenvalue weighted by Crippen LogP contribution is -2.38. The van der Waals surface area contributed by atoms with Crippen molar-refractivity contribution in [3.63, 3.8) is 0 Å². The van der Waals surface area contributed by atoms with Crippen molar-refractivity contribution in [1.82, 2.24) is 15.1 Å². The number of fused-ring (bicyclic) bond motifs is 1. The highest BCUT2D eigenvalue weighted by atomic mass is 16.5. The Morgan fingerprint density at radius 1 is 1.39 bits per heavy atom. The van der Waals surface area contributed by atoms with E-state index in [4.69, 9.17) is 4.74 Å². The Labute approximate surface area is 135 Å². The molecule has 0 spiro atoms. The second kappa shape index (κ2) is 5.72. The molecule has 2 aliphatic rings. The molecule has 2 aromatic rings. The van der Waals surface area contributed by atoms with E-state index in [1.807, 2.05) is 31.3 Å². The molecule has 1 atom stereocenters. The monoisotopic (exact) mass is 311 g/mol. The summed E-state index contributed by atoms with van der Waals surface area (Å²) in [6.07, 6.45) is 3.21. The highest BCUT2D eigenvalue weighted by Crippen LogP contribution is 2.39. The number of para-hydroxylation sites is 1. The number of aromatic nitrogens is 2. The van der Waals surface area contributed by atoms with Crippen LogP contribution in [0.15, 0.2) is 30.3 Å². The molecule has 1 N–H and O–H groups in total. The van der Waals surface area contributed by atoms with Crippen molar-refractivity contribution >= 4 is 5.91 Å². The number of amides is 1. The van der Waals surface area contributed by atoms with Gasteiger partial charge in [-0.2, -0.15) is 5.10 Å². The second-order valence-corrected chi connectivity index (χ2v) is 6.61. The molecule has 0 bridgehead atoms. The van der Waals surface area contributed by atoms with E-state index in [1.54, 1.807) is 4.90 Å². The lowest BCUT2D eigenvalue weighted by molar-refractivity contribution is -0.136. The predicted molar refractivity (Wildman–Crippen MR) is 86.2 cm³/mol. The number of ether oxygens (including phenoxy) is 1. The lowest BCUT2D eigenvalue weighted by Gasteiger charge is -2.28. The van der Waals surface area contributed by atoms with Crippen LogP contribution in [0.1, 0.15) is 35.7 Å². The number of carbonyl (C=O) groups excluding carboxylic acids is 1. The molecule has 1 aromatic carbocycles. The summed E-state index contributed by atoms with van der Waals surface area (Å²) in [7, 11) is 1.85. The summed E-state index contributed by atoms with van der Waals surface area (Å²) in [6.45, 7) is 1.02. The molecular formula is C18H21N3O2. The summed E-state index contributed by atoms with van der Waals surface area (Å²) in [5, 5.41) is 7.40. The largest absolute Gasteiger partial charge is 0.492 e. The van der Waals surface area contributed by atoms with Crippen molar-refractivity contribution in [2.24, 2.45) is 5.92 Å². The van der Waals surface area contributed by atoms with Crippen LogP contribution in [0.4, 0.5) is 0 Å². The Morgan fingerprint density at radius 2 is 2.22 bits per heavy atom. The molecule has 1 unspecified atom stereocenters. The van der Waals surface area contributed by atoms with E-state index in [0.29, 0.717) is 19.1 Å². The van der Waals surface area contributed by atoms with E-state index in [0.717, 1.165) is 29.1 Å². The van der Waals surface area contributed by atoms with Gasteiger partial charge >= 0.3 is 0 Å². The van der Waals surface area contributed by atoms with Crippen LogP contribution in [0.2, 0.25) is 0 Å².